The lowest BCUT2D eigenvalue weighted by Crippen LogP contribution is -2.26. The second kappa shape index (κ2) is 5.30. The van der Waals surface area contributed by atoms with Crippen molar-refractivity contribution in [2.75, 3.05) is 18.2 Å². The van der Waals surface area contributed by atoms with Crippen molar-refractivity contribution >= 4 is 29.1 Å². The molecule has 1 aromatic rings. The van der Waals surface area contributed by atoms with Crippen LogP contribution in [-0.2, 0) is 4.74 Å². The predicted molar refractivity (Wildman–Crippen MR) is 70.7 cm³/mol. The van der Waals surface area contributed by atoms with Crippen LogP contribution in [0.15, 0.2) is 23.1 Å². The summed E-state index contributed by atoms with van der Waals surface area (Å²) in [5.74, 6) is 0. The van der Waals surface area contributed by atoms with Gasteiger partial charge in [0.15, 0.2) is 0 Å². The summed E-state index contributed by atoms with van der Waals surface area (Å²) in [7, 11) is 0. The van der Waals surface area contributed by atoms with E-state index in [0.717, 1.165) is 23.7 Å². The zero-order valence-corrected chi connectivity index (χ0v) is 11.1. The quantitative estimate of drug-likeness (QED) is 0.836. The molecule has 0 amide bonds. The molecular formula is C12H16ClNOS. The molecule has 16 heavy (non-hydrogen) atoms. The lowest BCUT2D eigenvalue weighted by molar-refractivity contribution is 0.121. The molecule has 1 aromatic carbocycles. The van der Waals surface area contributed by atoms with Gasteiger partial charge in [-0.05, 0) is 37.8 Å². The van der Waals surface area contributed by atoms with Crippen molar-refractivity contribution in [1.29, 1.82) is 0 Å². The third-order valence-electron chi connectivity index (χ3n) is 2.88. The predicted octanol–water partition coefficient (Wildman–Crippen LogP) is 3.65. The molecule has 1 N–H and O–H groups in total. The Morgan fingerprint density at radius 3 is 2.94 bits per heavy atom. The number of benzene rings is 1. The van der Waals surface area contributed by atoms with E-state index in [-0.39, 0.29) is 6.10 Å². The van der Waals surface area contributed by atoms with Crippen molar-refractivity contribution in [3.05, 3.63) is 23.2 Å². The Labute approximate surface area is 106 Å². The normalized spacial score (nSPS) is 24.7. The lowest BCUT2D eigenvalue weighted by Gasteiger charge is -2.19. The Balaban J connectivity index is 2.16. The largest absolute Gasteiger partial charge is 0.379 e. The van der Waals surface area contributed by atoms with Crippen LogP contribution in [0.2, 0.25) is 5.02 Å². The van der Waals surface area contributed by atoms with Crippen LogP contribution in [0.25, 0.3) is 0 Å². The summed E-state index contributed by atoms with van der Waals surface area (Å²) in [5, 5.41) is 4.29. The van der Waals surface area contributed by atoms with Crippen LogP contribution < -0.4 is 5.32 Å². The first-order chi connectivity index (χ1) is 7.70. The number of hydrogen-bond acceptors (Lipinski definition) is 3. The highest BCUT2D eigenvalue weighted by Crippen LogP contribution is 2.30. The number of anilines is 1. The first-order valence-electron chi connectivity index (χ1n) is 5.42. The van der Waals surface area contributed by atoms with Gasteiger partial charge >= 0.3 is 0 Å². The number of hydrogen-bond donors (Lipinski definition) is 1. The Morgan fingerprint density at radius 2 is 2.31 bits per heavy atom. The van der Waals surface area contributed by atoms with E-state index in [4.69, 9.17) is 16.3 Å². The Bertz CT molecular complexity index is 372. The zero-order valence-electron chi connectivity index (χ0n) is 9.50. The summed E-state index contributed by atoms with van der Waals surface area (Å²) in [6.45, 7) is 2.95. The molecule has 0 saturated carbocycles. The highest BCUT2D eigenvalue weighted by molar-refractivity contribution is 7.98. The highest BCUT2D eigenvalue weighted by atomic mass is 35.5. The number of nitrogens with one attached hydrogen (secondary N) is 1. The maximum atomic E-state index is 6.02. The van der Waals surface area contributed by atoms with Gasteiger partial charge in [0.05, 0.1) is 12.1 Å². The Morgan fingerprint density at radius 1 is 1.50 bits per heavy atom. The van der Waals surface area contributed by atoms with Crippen LogP contribution >= 0.6 is 23.4 Å². The van der Waals surface area contributed by atoms with Crippen LogP contribution in [0.4, 0.5) is 5.69 Å². The van der Waals surface area contributed by atoms with Crippen LogP contribution in [0, 0.1) is 0 Å². The molecule has 0 bridgehead atoms. The van der Waals surface area contributed by atoms with Crippen molar-refractivity contribution in [2.45, 2.75) is 30.4 Å². The molecule has 1 aliphatic heterocycles. The first kappa shape index (κ1) is 12.1. The van der Waals surface area contributed by atoms with Gasteiger partial charge in [-0.2, -0.15) is 0 Å². The van der Waals surface area contributed by atoms with Crippen molar-refractivity contribution in [3.8, 4) is 0 Å². The van der Waals surface area contributed by atoms with Crippen LogP contribution in [0.3, 0.4) is 0 Å². The van der Waals surface area contributed by atoms with E-state index in [2.05, 4.69) is 24.6 Å². The molecule has 4 heteroatoms. The average molecular weight is 258 g/mol. The minimum absolute atomic E-state index is 0.272. The smallest absolute Gasteiger partial charge is 0.0748 e. The van der Waals surface area contributed by atoms with E-state index in [9.17, 15) is 0 Å². The summed E-state index contributed by atoms with van der Waals surface area (Å²) >= 11 is 7.74. The number of ether oxygens (including phenoxy) is 1. The molecule has 88 valence electrons. The molecular weight excluding hydrogens is 242 g/mol. The lowest BCUT2D eigenvalue weighted by atomic mass is 10.1. The molecule has 1 aliphatic rings. The van der Waals surface area contributed by atoms with Gasteiger partial charge in [-0.1, -0.05) is 11.6 Å². The van der Waals surface area contributed by atoms with E-state index in [0.29, 0.717) is 6.04 Å². The molecule has 1 fully saturated rings. The van der Waals surface area contributed by atoms with Gasteiger partial charge in [-0.15, -0.1) is 11.8 Å². The number of rotatable bonds is 3. The third-order valence-corrected chi connectivity index (χ3v) is 3.91. The molecule has 1 saturated heterocycles. The van der Waals surface area contributed by atoms with E-state index in [1.165, 1.54) is 4.90 Å². The SMILES string of the molecule is CSc1ccc(Cl)cc1NC1CCOC1C. The average Bonchev–Trinajstić information content (AvgIpc) is 2.65. The molecule has 2 rings (SSSR count). The molecule has 0 aromatic heterocycles. The van der Waals surface area contributed by atoms with Gasteiger partial charge < -0.3 is 10.1 Å². The standard InChI is InChI=1S/C12H16ClNOS/c1-8-10(5-6-15-8)14-11-7-9(13)3-4-12(11)16-2/h3-4,7-8,10,14H,5-6H2,1-2H3. The van der Waals surface area contributed by atoms with E-state index in [1.54, 1.807) is 11.8 Å². The maximum absolute atomic E-state index is 6.02. The molecule has 2 atom stereocenters. The van der Waals surface area contributed by atoms with E-state index in [1.807, 2.05) is 12.1 Å². The molecule has 0 radical (unpaired) electrons. The minimum atomic E-state index is 0.272. The second-order valence-electron chi connectivity index (χ2n) is 3.96. The molecule has 0 aliphatic carbocycles. The molecule has 2 nitrogen and oxygen atoms in total. The van der Waals surface area contributed by atoms with Crippen LogP contribution in [0.1, 0.15) is 13.3 Å². The van der Waals surface area contributed by atoms with Crippen molar-refractivity contribution in [1.82, 2.24) is 0 Å². The molecule has 0 spiro atoms. The van der Waals surface area contributed by atoms with Crippen molar-refractivity contribution in [2.24, 2.45) is 0 Å². The summed E-state index contributed by atoms with van der Waals surface area (Å²) in [5.41, 5.74) is 1.11. The first-order valence-corrected chi connectivity index (χ1v) is 7.02. The Hall–Kier alpha value is -0.380. The van der Waals surface area contributed by atoms with Gasteiger partial charge in [-0.25, -0.2) is 0 Å². The van der Waals surface area contributed by atoms with Crippen molar-refractivity contribution < 1.29 is 4.74 Å². The van der Waals surface area contributed by atoms with Crippen LogP contribution in [0.5, 0.6) is 0 Å². The monoisotopic (exact) mass is 257 g/mol. The Kier molecular flexibility index (Phi) is 4.00. The van der Waals surface area contributed by atoms with Crippen LogP contribution in [-0.4, -0.2) is 25.0 Å². The topological polar surface area (TPSA) is 21.3 Å². The highest BCUT2D eigenvalue weighted by Gasteiger charge is 2.24. The van der Waals surface area contributed by atoms with Gasteiger partial charge in [0.2, 0.25) is 0 Å². The summed E-state index contributed by atoms with van der Waals surface area (Å²) < 4.78 is 5.54. The number of halogens is 1. The third kappa shape index (κ3) is 2.65. The van der Waals surface area contributed by atoms with Crippen molar-refractivity contribution in [3.63, 3.8) is 0 Å². The number of thioether (sulfide) groups is 1. The summed E-state index contributed by atoms with van der Waals surface area (Å²) in [6.07, 6.45) is 3.40. The molecule has 1 heterocycles. The fraction of sp³-hybridized carbons (Fsp3) is 0.500. The maximum Gasteiger partial charge on any atom is 0.0748 e. The fourth-order valence-corrected chi connectivity index (χ4v) is 2.63. The zero-order chi connectivity index (χ0) is 11.5. The minimum Gasteiger partial charge on any atom is -0.379 e. The fourth-order valence-electron chi connectivity index (χ4n) is 1.91. The van der Waals surface area contributed by atoms with E-state index < -0.39 is 0 Å². The van der Waals surface area contributed by atoms with Gasteiger partial charge in [0.1, 0.15) is 0 Å². The van der Waals surface area contributed by atoms with Gasteiger partial charge in [0.25, 0.3) is 0 Å². The molecule has 2 unspecified atom stereocenters. The van der Waals surface area contributed by atoms with Gasteiger partial charge in [-0.3, -0.25) is 0 Å². The summed E-state index contributed by atoms with van der Waals surface area (Å²) in [6, 6.07) is 6.35. The summed E-state index contributed by atoms with van der Waals surface area (Å²) in [4.78, 5) is 1.23. The van der Waals surface area contributed by atoms with E-state index >= 15 is 0 Å². The second-order valence-corrected chi connectivity index (χ2v) is 5.24. The van der Waals surface area contributed by atoms with Gasteiger partial charge in [0, 0.05) is 22.2 Å².